The molecule has 1 radical (unpaired) electrons. The zero-order valence-electron chi connectivity index (χ0n) is 15.6. The minimum absolute atomic E-state index is 0. The standard InChI is InChI=1S/C14H22.C6F5.Y/c1-11(2)10-12-6-8-13(9-7-12)14(3,4)5;7-2-1-3(8)5(10)6(11)4(2)9;/h6-9,11H,10H2,1-5H3;;/q;-1;. The molecule has 0 nitrogen and oxygen atoms in total. The molecule has 0 saturated heterocycles. The summed E-state index contributed by atoms with van der Waals surface area (Å²) < 4.78 is 59.9. The van der Waals surface area contributed by atoms with Gasteiger partial charge in [-0.25, -0.2) is 13.2 Å². The Kier molecular flexibility index (Phi) is 10.2. The average molecular weight is 446 g/mol. The van der Waals surface area contributed by atoms with E-state index >= 15 is 0 Å². The molecule has 2 aromatic carbocycles. The molecule has 0 aliphatic rings. The molecule has 141 valence electrons. The summed E-state index contributed by atoms with van der Waals surface area (Å²) in [5.41, 5.74) is 3.15. The van der Waals surface area contributed by atoms with Gasteiger partial charge in [0.1, 0.15) is 0 Å². The first-order chi connectivity index (χ1) is 11.4. The minimum atomic E-state index is -2.17. The maximum Gasteiger partial charge on any atom is 0.0893 e. The predicted molar refractivity (Wildman–Crippen MR) is 88.8 cm³/mol. The van der Waals surface area contributed by atoms with Gasteiger partial charge >= 0.3 is 0 Å². The number of rotatable bonds is 2. The fourth-order valence-electron chi connectivity index (χ4n) is 2.11. The van der Waals surface area contributed by atoms with Crippen molar-refractivity contribution in [2.24, 2.45) is 5.92 Å². The van der Waals surface area contributed by atoms with Crippen molar-refractivity contribution in [2.75, 3.05) is 0 Å². The molecular weight excluding hydrogens is 424 g/mol. The zero-order chi connectivity index (χ0) is 19.4. The van der Waals surface area contributed by atoms with Crippen molar-refractivity contribution in [1.82, 2.24) is 0 Å². The van der Waals surface area contributed by atoms with E-state index < -0.39 is 29.1 Å². The molecule has 0 atom stereocenters. The molecule has 26 heavy (non-hydrogen) atoms. The quantitative estimate of drug-likeness (QED) is 0.218. The molecule has 0 unspecified atom stereocenters. The van der Waals surface area contributed by atoms with Gasteiger partial charge in [0, 0.05) is 32.7 Å². The van der Waals surface area contributed by atoms with Crippen molar-refractivity contribution in [1.29, 1.82) is 0 Å². The summed E-state index contributed by atoms with van der Waals surface area (Å²) in [4.78, 5) is 0. The Morgan fingerprint density at radius 2 is 1.23 bits per heavy atom. The summed E-state index contributed by atoms with van der Waals surface area (Å²) in [6.07, 6.45) is 1.18. The summed E-state index contributed by atoms with van der Waals surface area (Å²) in [6.45, 7) is 11.3. The normalized spacial score (nSPS) is 10.9. The fraction of sp³-hybridized carbons (Fsp3) is 0.400. The van der Waals surface area contributed by atoms with E-state index in [0.29, 0.717) is 0 Å². The van der Waals surface area contributed by atoms with Crippen LogP contribution >= 0.6 is 0 Å². The molecule has 0 aromatic heterocycles. The van der Waals surface area contributed by atoms with Gasteiger partial charge in [-0.15, -0.1) is 6.07 Å². The van der Waals surface area contributed by atoms with Crippen LogP contribution in [0, 0.1) is 41.1 Å². The van der Waals surface area contributed by atoms with Crippen molar-refractivity contribution >= 4 is 0 Å². The first kappa shape index (κ1) is 25.2. The first-order valence-electron chi connectivity index (χ1n) is 7.93. The molecule has 2 aromatic rings. The van der Waals surface area contributed by atoms with Crippen LogP contribution in [0.2, 0.25) is 0 Å². The van der Waals surface area contributed by atoms with Gasteiger partial charge in [0.15, 0.2) is 0 Å². The molecule has 0 saturated carbocycles. The van der Waals surface area contributed by atoms with Crippen LogP contribution in [0.15, 0.2) is 24.3 Å². The Balaban J connectivity index is 0.000000475. The Hall–Kier alpha value is -0.806. The van der Waals surface area contributed by atoms with Gasteiger partial charge in [0.2, 0.25) is 0 Å². The van der Waals surface area contributed by atoms with E-state index in [0.717, 1.165) is 12.0 Å². The van der Waals surface area contributed by atoms with Gasteiger partial charge in [0.05, 0.1) is 29.1 Å². The van der Waals surface area contributed by atoms with E-state index in [9.17, 15) is 22.0 Å². The van der Waals surface area contributed by atoms with E-state index in [1.54, 1.807) is 0 Å². The Bertz CT molecular complexity index is 677. The number of hydrogen-bond donors (Lipinski definition) is 0. The molecular formula is C20H22F5Y-. The Morgan fingerprint density at radius 1 is 0.808 bits per heavy atom. The third-order valence-electron chi connectivity index (χ3n) is 3.45. The van der Waals surface area contributed by atoms with Crippen LogP contribution in [0.3, 0.4) is 0 Å². The summed E-state index contributed by atoms with van der Waals surface area (Å²) in [5.74, 6) is -9.30. The molecule has 0 N–H and O–H groups in total. The van der Waals surface area contributed by atoms with Gasteiger partial charge in [-0.3, -0.25) is 8.78 Å². The minimum Gasteiger partial charge on any atom is -0.278 e. The van der Waals surface area contributed by atoms with E-state index in [4.69, 9.17) is 0 Å². The monoisotopic (exact) mass is 446 g/mol. The molecule has 2 rings (SSSR count). The van der Waals surface area contributed by atoms with Crippen LogP contribution in [0.25, 0.3) is 0 Å². The second-order valence-corrected chi connectivity index (χ2v) is 7.24. The second-order valence-electron chi connectivity index (χ2n) is 7.24. The van der Waals surface area contributed by atoms with Gasteiger partial charge in [-0.1, -0.05) is 58.9 Å². The molecule has 0 aliphatic heterocycles. The van der Waals surface area contributed by atoms with Crippen molar-refractivity contribution in [3.63, 3.8) is 0 Å². The van der Waals surface area contributed by atoms with Gasteiger partial charge in [-0.05, 0) is 28.9 Å². The zero-order valence-corrected chi connectivity index (χ0v) is 18.4. The van der Waals surface area contributed by atoms with Crippen molar-refractivity contribution in [3.8, 4) is 0 Å². The van der Waals surface area contributed by atoms with Crippen molar-refractivity contribution < 1.29 is 54.7 Å². The van der Waals surface area contributed by atoms with Gasteiger partial charge < -0.3 is 0 Å². The molecule has 0 spiro atoms. The molecule has 6 heteroatoms. The van der Waals surface area contributed by atoms with Crippen LogP contribution in [-0.4, -0.2) is 0 Å². The SMILES string of the molecule is CC(C)Cc1ccc(C(C)(C)C)cc1.Fc1[c-]c(F)c(F)c(F)c1F.[Y]. The summed E-state index contributed by atoms with van der Waals surface area (Å²) in [6, 6.07) is 10.1. The molecule has 0 aliphatic carbocycles. The first-order valence-corrected chi connectivity index (χ1v) is 7.93. The smallest absolute Gasteiger partial charge is 0.0893 e. The van der Waals surface area contributed by atoms with Gasteiger partial charge in [-0.2, -0.15) is 0 Å². The summed E-state index contributed by atoms with van der Waals surface area (Å²) in [7, 11) is 0. The number of halogens is 5. The molecule has 0 heterocycles. The molecule has 0 fully saturated rings. The van der Waals surface area contributed by atoms with Crippen LogP contribution in [-0.2, 0) is 44.5 Å². The predicted octanol–water partition coefficient (Wildman–Crippen LogP) is 6.36. The Morgan fingerprint density at radius 3 is 1.58 bits per heavy atom. The van der Waals surface area contributed by atoms with E-state index in [1.807, 2.05) is 0 Å². The summed E-state index contributed by atoms with van der Waals surface area (Å²) in [5, 5.41) is 0. The third-order valence-corrected chi connectivity index (χ3v) is 3.45. The fourth-order valence-corrected chi connectivity index (χ4v) is 2.11. The van der Waals surface area contributed by atoms with Crippen LogP contribution in [0.1, 0.15) is 45.7 Å². The summed E-state index contributed by atoms with van der Waals surface area (Å²) >= 11 is 0. The molecule has 0 bridgehead atoms. The largest absolute Gasteiger partial charge is 0.278 e. The van der Waals surface area contributed by atoms with Crippen LogP contribution in [0.5, 0.6) is 0 Å². The maximum absolute atomic E-state index is 12.0. The average Bonchev–Trinajstić information content (AvgIpc) is 2.51. The van der Waals surface area contributed by atoms with Crippen LogP contribution < -0.4 is 0 Å². The Labute approximate surface area is 177 Å². The van der Waals surface area contributed by atoms with E-state index in [1.165, 1.54) is 17.5 Å². The second kappa shape index (κ2) is 10.5. The molecule has 0 amide bonds. The van der Waals surface area contributed by atoms with E-state index in [-0.39, 0.29) is 38.1 Å². The number of hydrogen-bond acceptors (Lipinski definition) is 0. The number of benzene rings is 2. The van der Waals surface area contributed by atoms with Crippen molar-refractivity contribution in [2.45, 2.75) is 46.5 Å². The maximum atomic E-state index is 12.0. The van der Waals surface area contributed by atoms with E-state index in [2.05, 4.69) is 58.9 Å². The van der Waals surface area contributed by atoms with Crippen molar-refractivity contribution in [3.05, 3.63) is 70.5 Å². The topological polar surface area (TPSA) is 0 Å². The van der Waals surface area contributed by atoms with Gasteiger partial charge in [0.25, 0.3) is 0 Å². The van der Waals surface area contributed by atoms with Crippen LogP contribution in [0.4, 0.5) is 22.0 Å². The third kappa shape index (κ3) is 7.44.